The molecule has 31 heavy (non-hydrogen) atoms. The normalized spacial score (nSPS) is 18.0. The van der Waals surface area contributed by atoms with Crippen molar-refractivity contribution in [2.45, 2.75) is 38.7 Å². The molecule has 1 fully saturated rings. The Morgan fingerprint density at radius 2 is 2.03 bits per heavy atom. The van der Waals surface area contributed by atoms with Crippen molar-refractivity contribution in [1.82, 2.24) is 24.8 Å². The summed E-state index contributed by atoms with van der Waals surface area (Å²) in [6.07, 6.45) is 9.18. The van der Waals surface area contributed by atoms with E-state index in [1.165, 1.54) is 0 Å². The number of carbonyl (C=O) groups excluding carboxylic acids is 1. The number of amides is 1. The van der Waals surface area contributed by atoms with E-state index in [2.05, 4.69) is 30.2 Å². The van der Waals surface area contributed by atoms with Crippen molar-refractivity contribution in [2.75, 3.05) is 25.0 Å². The summed E-state index contributed by atoms with van der Waals surface area (Å²) >= 11 is 0. The lowest BCUT2D eigenvalue weighted by Gasteiger charge is -2.27. The van der Waals surface area contributed by atoms with Crippen LogP contribution in [0.25, 0.3) is 22.3 Å². The minimum absolute atomic E-state index is 0.0120. The molecule has 1 unspecified atom stereocenters. The fourth-order valence-corrected chi connectivity index (χ4v) is 4.01. The molecule has 3 aromatic heterocycles. The topological polar surface area (TPSA) is 104 Å². The lowest BCUT2D eigenvalue weighted by Crippen LogP contribution is -2.39. The van der Waals surface area contributed by atoms with Crippen LogP contribution < -0.4 is 5.32 Å². The van der Waals surface area contributed by atoms with Gasteiger partial charge in [-0.1, -0.05) is 0 Å². The number of anilines is 1. The lowest BCUT2D eigenvalue weighted by atomic mass is 10.00. The van der Waals surface area contributed by atoms with E-state index in [4.69, 9.17) is 0 Å². The van der Waals surface area contributed by atoms with Gasteiger partial charge in [0.15, 0.2) is 0 Å². The molecule has 1 saturated heterocycles. The summed E-state index contributed by atoms with van der Waals surface area (Å²) in [7, 11) is 0. The zero-order chi connectivity index (χ0) is 21.8. The lowest BCUT2D eigenvalue weighted by molar-refractivity contribution is -0.120. The number of hydrogen-bond acceptors (Lipinski definition) is 7. The van der Waals surface area contributed by atoms with Gasteiger partial charge in [0.25, 0.3) is 0 Å². The molecular formula is C23H28N6O2. The van der Waals surface area contributed by atoms with Crippen molar-refractivity contribution < 1.29 is 9.90 Å². The van der Waals surface area contributed by atoms with Crippen molar-refractivity contribution in [1.29, 1.82) is 0 Å². The molecule has 1 aliphatic heterocycles. The molecule has 3 aromatic rings. The summed E-state index contributed by atoms with van der Waals surface area (Å²) in [4.78, 5) is 32.6. The number of hydrogen-bond donors (Lipinski definition) is 2. The minimum Gasteiger partial charge on any atom is -0.389 e. The third kappa shape index (κ3) is 5.59. The smallest absolute Gasteiger partial charge is 0.228 e. The molecule has 0 saturated carbocycles. The van der Waals surface area contributed by atoms with Gasteiger partial charge < -0.3 is 15.3 Å². The van der Waals surface area contributed by atoms with E-state index in [9.17, 15) is 9.90 Å². The number of carbonyl (C=O) groups is 1. The monoisotopic (exact) mass is 420 g/mol. The number of pyridine rings is 2. The second kappa shape index (κ2) is 9.03. The van der Waals surface area contributed by atoms with Gasteiger partial charge in [-0.2, -0.15) is 0 Å². The van der Waals surface area contributed by atoms with Gasteiger partial charge in [0.1, 0.15) is 11.5 Å². The van der Waals surface area contributed by atoms with Gasteiger partial charge in [-0.05, 0) is 58.3 Å². The molecule has 0 aliphatic carbocycles. The minimum atomic E-state index is -0.728. The molecule has 0 bridgehead atoms. The van der Waals surface area contributed by atoms with E-state index in [1.807, 2.05) is 26.0 Å². The van der Waals surface area contributed by atoms with Crippen LogP contribution in [0.3, 0.4) is 0 Å². The van der Waals surface area contributed by atoms with Gasteiger partial charge in [0, 0.05) is 42.5 Å². The fraction of sp³-hybridized carbons (Fsp3) is 0.435. The molecular weight excluding hydrogens is 392 g/mol. The highest BCUT2D eigenvalue weighted by Gasteiger charge is 2.26. The zero-order valence-electron chi connectivity index (χ0n) is 18.0. The number of aromatic nitrogens is 4. The highest BCUT2D eigenvalue weighted by molar-refractivity contribution is 5.93. The Bertz CT molecular complexity index is 1050. The van der Waals surface area contributed by atoms with Gasteiger partial charge in [-0.25, -0.2) is 9.97 Å². The van der Waals surface area contributed by atoms with Crippen LogP contribution in [0.1, 0.15) is 33.1 Å². The molecule has 1 atom stereocenters. The molecule has 1 aliphatic rings. The standard InChI is InChI=1S/C23H28N6O2/c1-23(2,31)15-29-10-3-4-16(7-11-29)22(30)28-21-12-19-17(13-26-21)5-6-18(27-19)20-14-24-8-9-25-20/h5-6,8-9,12-14,16,31H,3-4,7,10-11,15H2,1-2H3,(H,26,28,30). The highest BCUT2D eigenvalue weighted by Crippen LogP contribution is 2.23. The quantitative estimate of drug-likeness (QED) is 0.654. The van der Waals surface area contributed by atoms with E-state index in [0.717, 1.165) is 48.9 Å². The van der Waals surface area contributed by atoms with Crippen LogP contribution in [0, 0.1) is 5.92 Å². The van der Waals surface area contributed by atoms with Crippen LogP contribution in [0.5, 0.6) is 0 Å². The van der Waals surface area contributed by atoms with Gasteiger partial charge in [-0.15, -0.1) is 0 Å². The fourth-order valence-electron chi connectivity index (χ4n) is 4.01. The summed E-state index contributed by atoms with van der Waals surface area (Å²) in [5, 5.41) is 13.9. The number of nitrogens with zero attached hydrogens (tertiary/aromatic N) is 5. The van der Waals surface area contributed by atoms with E-state index >= 15 is 0 Å². The van der Waals surface area contributed by atoms with Crippen molar-refractivity contribution in [3.8, 4) is 11.4 Å². The average molecular weight is 421 g/mol. The Labute approximate surface area is 181 Å². The summed E-state index contributed by atoms with van der Waals surface area (Å²) in [6.45, 7) is 5.95. The Balaban J connectivity index is 1.44. The molecule has 0 radical (unpaired) electrons. The first-order chi connectivity index (χ1) is 14.9. The van der Waals surface area contributed by atoms with E-state index in [0.29, 0.717) is 18.1 Å². The maximum absolute atomic E-state index is 12.9. The summed E-state index contributed by atoms with van der Waals surface area (Å²) in [6, 6.07) is 5.62. The average Bonchev–Trinajstić information content (AvgIpc) is 2.98. The predicted octanol–water partition coefficient (Wildman–Crippen LogP) is 2.90. The largest absolute Gasteiger partial charge is 0.389 e. The number of rotatable bonds is 5. The third-order valence-electron chi connectivity index (χ3n) is 5.45. The van der Waals surface area contributed by atoms with Crippen molar-refractivity contribution in [3.05, 3.63) is 43.0 Å². The number of nitrogens with one attached hydrogen (secondary N) is 1. The van der Waals surface area contributed by atoms with Crippen LogP contribution in [-0.2, 0) is 4.79 Å². The van der Waals surface area contributed by atoms with Crippen molar-refractivity contribution >= 4 is 22.6 Å². The van der Waals surface area contributed by atoms with Crippen LogP contribution in [0.4, 0.5) is 5.82 Å². The predicted molar refractivity (Wildman–Crippen MR) is 119 cm³/mol. The molecule has 1 amide bonds. The molecule has 4 rings (SSSR count). The molecule has 2 N–H and O–H groups in total. The van der Waals surface area contributed by atoms with Gasteiger partial charge in [0.05, 0.1) is 23.0 Å². The number of aliphatic hydroxyl groups is 1. The highest BCUT2D eigenvalue weighted by atomic mass is 16.3. The molecule has 0 aromatic carbocycles. The Hall–Kier alpha value is -2.97. The number of likely N-dealkylation sites (tertiary alicyclic amines) is 1. The van der Waals surface area contributed by atoms with E-state index in [-0.39, 0.29) is 11.8 Å². The second-order valence-electron chi connectivity index (χ2n) is 8.76. The first-order valence-electron chi connectivity index (χ1n) is 10.7. The second-order valence-corrected chi connectivity index (χ2v) is 8.76. The summed E-state index contributed by atoms with van der Waals surface area (Å²) in [5.74, 6) is 0.420. The Kier molecular flexibility index (Phi) is 6.20. The molecule has 0 spiro atoms. The van der Waals surface area contributed by atoms with E-state index < -0.39 is 5.60 Å². The maximum atomic E-state index is 12.9. The zero-order valence-corrected chi connectivity index (χ0v) is 18.0. The third-order valence-corrected chi connectivity index (χ3v) is 5.45. The maximum Gasteiger partial charge on any atom is 0.228 e. The van der Waals surface area contributed by atoms with Gasteiger partial charge >= 0.3 is 0 Å². The van der Waals surface area contributed by atoms with Gasteiger partial charge in [0.2, 0.25) is 5.91 Å². The van der Waals surface area contributed by atoms with Gasteiger partial charge in [-0.3, -0.25) is 14.8 Å². The first-order valence-corrected chi connectivity index (χ1v) is 10.7. The summed E-state index contributed by atoms with van der Waals surface area (Å²) < 4.78 is 0. The Morgan fingerprint density at radius 3 is 2.81 bits per heavy atom. The number of β-amino-alcohol motifs (C(OH)–C–C–N with tert-alkyl or cyclic N) is 1. The van der Waals surface area contributed by atoms with E-state index in [1.54, 1.807) is 30.9 Å². The molecule has 8 heteroatoms. The Morgan fingerprint density at radius 1 is 1.16 bits per heavy atom. The molecule has 8 nitrogen and oxygen atoms in total. The SMILES string of the molecule is CC(C)(O)CN1CCCC(C(=O)Nc2cc3nc(-c4cnccn4)ccc3cn2)CC1. The van der Waals surface area contributed by atoms with Crippen LogP contribution in [-0.4, -0.2) is 61.1 Å². The summed E-state index contributed by atoms with van der Waals surface area (Å²) in [5.41, 5.74) is 1.43. The molecule has 4 heterocycles. The van der Waals surface area contributed by atoms with Crippen LogP contribution in [0.15, 0.2) is 43.0 Å². The van der Waals surface area contributed by atoms with Crippen LogP contribution in [0.2, 0.25) is 0 Å². The first kappa shape index (κ1) is 21.3. The van der Waals surface area contributed by atoms with Crippen molar-refractivity contribution in [3.63, 3.8) is 0 Å². The van der Waals surface area contributed by atoms with Crippen molar-refractivity contribution in [2.24, 2.45) is 5.92 Å². The van der Waals surface area contributed by atoms with Crippen LogP contribution >= 0.6 is 0 Å². The number of fused-ring (bicyclic) bond motifs is 1. The molecule has 162 valence electrons.